The molecule has 1 aromatic heterocycles. The highest BCUT2D eigenvalue weighted by Gasteiger charge is 2.09. The zero-order valence-corrected chi connectivity index (χ0v) is 11.7. The fraction of sp³-hybridized carbons (Fsp3) is 0. The molecule has 0 radical (unpaired) electrons. The Hall–Kier alpha value is -2.14. The van der Waals surface area contributed by atoms with E-state index in [0.717, 1.165) is 0 Å². The first-order chi connectivity index (χ1) is 9.10. The van der Waals surface area contributed by atoms with Gasteiger partial charge in [0.05, 0.1) is 9.13 Å². The molecule has 94 valence electrons. The summed E-state index contributed by atoms with van der Waals surface area (Å²) in [6.07, 6.45) is 1.38. The minimum absolute atomic E-state index is 0.0565. The van der Waals surface area contributed by atoms with Crippen molar-refractivity contribution in [3.63, 3.8) is 0 Å². The molecule has 0 bridgehead atoms. The lowest BCUT2D eigenvalue weighted by molar-refractivity contribution is 0.102. The Morgan fingerprint density at radius 3 is 2.74 bits per heavy atom. The molecule has 2 rings (SSSR count). The van der Waals surface area contributed by atoms with Gasteiger partial charge in [-0.25, -0.2) is 4.98 Å². The number of pyridine rings is 1. The van der Waals surface area contributed by atoms with Crippen molar-refractivity contribution in [3.8, 4) is 11.8 Å². The van der Waals surface area contributed by atoms with E-state index in [4.69, 9.17) is 5.26 Å². The van der Waals surface area contributed by atoms with Crippen LogP contribution < -0.4 is 5.32 Å². The van der Waals surface area contributed by atoms with Gasteiger partial charge in [-0.3, -0.25) is 4.79 Å². The Balaban J connectivity index is 2.16. The van der Waals surface area contributed by atoms with Crippen LogP contribution in [0, 0.1) is 14.9 Å². The van der Waals surface area contributed by atoms with Gasteiger partial charge in [-0.1, -0.05) is 0 Å². The highest BCUT2D eigenvalue weighted by Crippen LogP contribution is 2.21. The van der Waals surface area contributed by atoms with Gasteiger partial charge < -0.3 is 10.4 Å². The average Bonchev–Trinajstić information content (AvgIpc) is 2.42. The van der Waals surface area contributed by atoms with Gasteiger partial charge in [0.1, 0.15) is 17.6 Å². The maximum Gasteiger partial charge on any atom is 0.256 e. The number of benzene rings is 1. The molecule has 0 aliphatic heterocycles. The third-order valence-corrected chi connectivity index (χ3v) is 3.25. The van der Waals surface area contributed by atoms with Crippen molar-refractivity contribution in [3.05, 3.63) is 51.2 Å². The normalized spacial score (nSPS) is 9.68. The molecule has 0 unspecified atom stereocenters. The summed E-state index contributed by atoms with van der Waals surface area (Å²) in [5, 5.41) is 20.8. The number of phenolic OH excluding ortho intramolecular Hbond substituents is 1. The molecule has 1 heterocycles. The van der Waals surface area contributed by atoms with Crippen LogP contribution in [-0.4, -0.2) is 16.0 Å². The summed E-state index contributed by atoms with van der Waals surface area (Å²) in [6.45, 7) is 0. The van der Waals surface area contributed by atoms with Crippen LogP contribution in [0.25, 0.3) is 0 Å². The fourth-order valence-electron chi connectivity index (χ4n) is 1.38. The summed E-state index contributed by atoms with van der Waals surface area (Å²) in [5.41, 5.74) is 0.758. The zero-order valence-electron chi connectivity index (χ0n) is 9.59. The Bertz CT molecular complexity index is 663. The smallest absolute Gasteiger partial charge is 0.256 e. The largest absolute Gasteiger partial charge is 0.507 e. The molecule has 19 heavy (non-hydrogen) atoms. The van der Waals surface area contributed by atoms with Crippen LogP contribution in [0.4, 0.5) is 5.82 Å². The van der Waals surface area contributed by atoms with Crippen molar-refractivity contribution in [1.29, 1.82) is 5.26 Å². The quantitative estimate of drug-likeness (QED) is 0.801. The maximum absolute atomic E-state index is 11.9. The molecule has 1 aromatic carbocycles. The van der Waals surface area contributed by atoms with Crippen molar-refractivity contribution in [2.24, 2.45) is 0 Å². The number of nitrogens with one attached hydrogen (secondary N) is 1. The summed E-state index contributed by atoms with van der Waals surface area (Å²) >= 11 is 1.97. The predicted octanol–water partition coefficient (Wildman–Crippen LogP) is 2.52. The first kappa shape index (κ1) is 13.3. The molecular weight excluding hydrogens is 357 g/mol. The van der Waals surface area contributed by atoms with Gasteiger partial charge in [-0.2, -0.15) is 5.26 Å². The lowest BCUT2D eigenvalue weighted by Gasteiger charge is -2.05. The van der Waals surface area contributed by atoms with E-state index in [0.29, 0.717) is 20.5 Å². The standard InChI is InChI=1S/C13H8IN3O2/c14-10-3-2-9(5-11(10)18)13(19)17-12-4-1-8(6-15)7-16-12/h1-5,7,18H,(H,16,17,19). The van der Waals surface area contributed by atoms with Gasteiger partial charge >= 0.3 is 0 Å². The van der Waals surface area contributed by atoms with Gasteiger partial charge in [0.15, 0.2) is 0 Å². The monoisotopic (exact) mass is 365 g/mol. The number of rotatable bonds is 2. The molecule has 2 aromatic rings. The molecular formula is C13H8IN3O2. The number of amides is 1. The zero-order chi connectivity index (χ0) is 13.8. The fourth-order valence-corrected chi connectivity index (χ4v) is 1.71. The summed E-state index contributed by atoms with van der Waals surface area (Å²) in [4.78, 5) is 15.8. The number of nitriles is 1. The van der Waals surface area contributed by atoms with E-state index in [9.17, 15) is 9.90 Å². The van der Waals surface area contributed by atoms with Crippen molar-refractivity contribution in [2.45, 2.75) is 0 Å². The maximum atomic E-state index is 11.9. The average molecular weight is 365 g/mol. The van der Waals surface area contributed by atoms with Crippen molar-refractivity contribution >= 4 is 34.3 Å². The lowest BCUT2D eigenvalue weighted by atomic mass is 10.2. The minimum atomic E-state index is -0.371. The third-order valence-electron chi connectivity index (χ3n) is 2.34. The SMILES string of the molecule is N#Cc1ccc(NC(=O)c2ccc(I)c(O)c2)nc1. The Kier molecular flexibility index (Phi) is 3.97. The minimum Gasteiger partial charge on any atom is -0.507 e. The van der Waals surface area contributed by atoms with Crippen LogP contribution in [0.5, 0.6) is 5.75 Å². The van der Waals surface area contributed by atoms with E-state index >= 15 is 0 Å². The van der Waals surface area contributed by atoms with Crippen molar-refractivity contribution < 1.29 is 9.90 Å². The van der Waals surface area contributed by atoms with Gasteiger partial charge in [0, 0.05) is 11.8 Å². The van der Waals surface area contributed by atoms with E-state index in [1.807, 2.05) is 28.7 Å². The molecule has 0 saturated heterocycles. The van der Waals surface area contributed by atoms with Crippen LogP contribution in [0.1, 0.15) is 15.9 Å². The number of carbonyl (C=O) groups excluding carboxylic acids is 1. The molecule has 0 aliphatic rings. The highest BCUT2D eigenvalue weighted by molar-refractivity contribution is 14.1. The topological polar surface area (TPSA) is 86.0 Å². The number of nitrogens with zero attached hydrogens (tertiary/aromatic N) is 2. The molecule has 0 spiro atoms. The van der Waals surface area contributed by atoms with Gasteiger partial charge in [-0.15, -0.1) is 0 Å². The Morgan fingerprint density at radius 1 is 1.37 bits per heavy atom. The van der Waals surface area contributed by atoms with E-state index in [2.05, 4.69) is 10.3 Å². The van der Waals surface area contributed by atoms with Gasteiger partial charge in [0.25, 0.3) is 5.91 Å². The number of aromatic hydroxyl groups is 1. The summed E-state index contributed by atoms with van der Waals surface area (Å²) in [7, 11) is 0. The van der Waals surface area contributed by atoms with E-state index in [1.165, 1.54) is 12.3 Å². The van der Waals surface area contributed by atoms with E-state index in [1.54, 1.807) is 24.3 Å². The van der Waals surface area contributed by atoms with Crippen LogP contribution >= 0.6 is 22.6 Å². The van der Waals surface area contributed by atoms with Gasteiger partial charge in [0.2, 0.25) is 0 Å². The summed E-state index contributed by atoms with van der Waals surface area (Å²) in [5.74, 6) is 0.0342. The summed E-state index contributed by atoms with van der Waals surface area (Å²) in [6, 6.07) is 9.70. The Labute approximate surface area is 123 Å². The molecule has 0 saturated carbocycles. The number of hydrogen-bond donors (Lipinski definition) is 2. The molecule has 6 heteroatoms. The number of anilines is 1. The number of halogens is 1. The molecule has 0 fully saturated rings. The summed E-state index contributed by atoms with van der Waals surface area (Å²) < 4.78 is 0.672. The van der Waals surface area contributed by atoms with Crippen LogP contribution in [-0.2, 0) is 0 Å². The molecule has 5 nitrogen and oxygen atoms in total. The van der Waals surface area contributed by atoms with E-state index < -0.39 is 0 Å². The molecule has 2 N–H and O–H groups in total. The van der Waals surface area contributed by atoms with Gasteiger partial charge in [-0.05, 0) is 52.9 Å². The second kappa shape index (κ2) is 5.67. The number of phenols is 1. The third kappa shape index (κ3) is 3.20. The second-order valence-corrected chi connectivity index (χ2v) is 4.83. The van der Waals surface area contributed by atoms with Crippen molar-refractivity contribution in [1.82, 2.24) is 4.98 Å². The molecule has 0 aliphatic carbocycles. The lowest BCUT2D eigenvalue weighted by Crippen LogP contribution is -2.12. The number of carbonyl (C=O) groups is 1. The number of aromatic nitrogens is 1. The molecule has 1 amide bonds. The van der Waals surface area contributed by atoms with Crippen LogP contribution in [0.3, 0.4) is 0 Å². The molecule has 0 atom stereocenters. The van der Waals surface area contributed by atoms with Crippen LogP contribution in [0.2, 0.25) is 0 Å². The highest BCUT2D eigenvalue weighted by atomic mass is 127. The predicted molar refractivity (Wildman–Crippen MR) is 77.7 cm³/mol. The first-order valence-corrected chi connectivity index (χ1v) is 6.34. The first-order valence-electron chi connectivity index (χ1n) is 5.26. The number of hydrogen-bond acceptors (Lipinski definition) is 4. The van der Waals surface area contributed by atoms with Crippen molar-refractivity contribution in [2.75, 3.05) is 5.32 Å². The van der Waals surface area contributed by atoms with Crippen LogP contribution in [0.15, 0.2) is 36.5 Å². The second-order valence-electron chi connectivity index (χ2n) is 3.66. The van der Waals surface area contributed by atoms with E-state index in [-0.39, 0.29) is 11.7 Å². The Morgan fingerprint density at radius 2 is 2.16 bits per heavy atom.